The number of benzene rings is 2. The van der Waals surface area contributed by atoms with Crippen molar-refractivity contribution in [3.8, 4) is 0 Å². The minimum absolute atomic E-state index is 0.155. The maximum atomic E-state index is 12.2. The number of nitrogens with zero attached hydrogens (tertiary/aromatic N) is 2. The van der Waals surface area contributed by atoms with Crippen LogP contribution in [0.3, 0.4) is 0 Å². The first-order valence-electron chi connectivity index (χ1n) is 5.83. The van der Waals surface area contributed by atoms with Crippen LogP contribution in [0.2, 0.25) is 0 Å². The van der Waals surface area contributed by atoms with E-state index in [0.29, 0.717) is 22.6 Å². The zero-order chi connectivity index (χ0) is 14.9. The Labute approximate surface area is 114 Å². The minimum atomic E-state index is -0.556. The van der Waals surface area contributed by atoms with E-state index < -0.39 is 4.92 Å². The third kappa shape index (κ3) is 2.23. The van der Waals surface area contributed by atoms with E-state index in [9.17, 15) is 19.7 Å². The van der Waals surface area contributed by atoms with Crippen LogP contribution in [0.15, 0.2) is 30.3 Å². The summed E-state index contributed by atoms with van der Waals surface area (Å²) < 4.78 is 0. The molecule has 0 aliphatic rings. The molecule has 0 radical (unpaired) electrons. The third-order valence-corrected chi connectivity index (χ3v) is 2.97. The second kappa shape index (κ2) is 5.08. The molecule has 2 aromatic rings. The van der Waals surface area contributed by atoms with E-state index in [-0.39, 0.29) is 17.2 Å². The van der Waals surface area contributed by atoms with Gasteiger partial charge in [-0.15, -0.1) is 0 Å². The molecule has 0 aromatic heterocycles. The summed E-state index contributed by atoms with van der Waals surface area (Å²) in [6.07, 6.45) is 0.639. The fraction of sp³-hybridized carbons (Fsp3) is 0.143. The van der Waals surface area contributed by atoms with Crippen molar-refractivity contribution in [2.45, 2.75) is 0 Å². The quantitative estimate of drug-likeness (QED) is 0.487. The predicted molar refractivity (Wildman–Crippen MR) is 74.0 cm³/mol. The lowest BCUT2D eigenvalue weighted by Crippen LogP contribution is -2.22. The summed E-state index contributed by atoms with van der Waals surface area (Å²) in [5.74, 6) is -0.381. The molecule has 20 heavy (non-hydrogen) atoms. The Balaban J connectivity index is 2.89. The highest BCUT2D eigenvalue weighted by Gasteiger charge is 2.19. The van der Waals surface area contributed by atoms with Gasteiger partial charge in [0, 0.05) is 37.2 Å². The molecular weight excluding hydrogens is 260 g/mol. The molecule has 0 spiro atoms. The highest BCUT2D eigenvalue weighted by atomic mass is 16.6. The number of nitro benzene ring substituents is 1. The molecule has 0 aliphatic carbocycles. The number of fused-ring (bicyclic) bond motifs is 1. The number of carbonyl (C=O) groups is 2. The molecule has 2 aromatic carbocycles. The van der Waals surface area contributed by atoms with Gasteiger partial charge in [0.05, 0.1) is 10.5 Å². The van der Waals surface area contributed by atoms with Crippen LogP contribution in [-0.4, -0.2) is 36.1 Å². The molecule has 0 atom stereocenters. The van der Waals surface area contributed by atoms with Crippen LogP contribution in [0.4, 0.5) is 5.69 Å². The van der Waals surface area contributed by atoms with Gasteiger partial charge in [-0.2, -0.15) is 0 Å². The fourth-order valence-electron chi connectivity index (χ4n) is 2.05. The lowest BCUT2D eigenvalue weighted by molar-refractivity contribution is -0.384. The van der Waals surface area contributed by atoms with E-state index >= 15 is 0 Å². The molecule has 0 saturated heterocycles. The number of aldehydes is 1. The summed E-state index contributed by atoms with van der Waals surface area (Å²) >= 11 is 0. The molecule has 0 unspecified atom stereocenters. The SMILES string of the molecule is CN(C)C(=O)c1cc([N+](=O)[O-])cc2cccc(C=O)c12. The Morgan fingerprint density at radius 1 is 1.30 bits per heavy atom. The minimum Gasteiger partial charge on any atom is -0.345 e. The summed E-state index contributed by atoms with van der Waals surface area (Å²) in [5, 5.41) is 11.9. The second-order valence-electron chi connectivity index (χ2n) is 4.51. The summed E-state index contributed by atoms with van der Waals surface area (Å²) in [7, 11) is 3.10. The van der Waals surface area contributed by atoms with Crippen LogP contribution in [-0.2, 0) is 0 Å². The molecule has 1 amide bonds. The third-order valence-electron chi connectivity index (χ3n) is 2.97. The largest absolute Gasteiger partial charge is 0.345 e. The molecule has 2 rings (SSSR count). The summed E-state index contributed by atoms with van der Waals surface area (Å²) in [5.41, 5.74) is 0.315. The van der Waals surface area contributed by atoms with Crippen LogP contribution in [0.25, 0.3) is 10.8 Å². The van der Waals surface area contributed by atoms with E-state index in [4.69, 9.17) is 0 Å². The predicted octanol–water partition coefficient (Wildman–Crippen LogP) is 2.26. The average Bonchev–Trinajstić information content (AvgIpc) is 2.44. The molecule has 0 bridgehead atoms. The van der Waals surface area contributed by atoms with E-state index in [0.717, 1.165) is 0 Å². The van der Waals surface area contributed by atoms with Gasteiger partial charge >= 0.3 is 0 Å². The van der Waals surface area contributed by atoms with Crippen molar-refractivity contribution in [3.63, 3.8) is 0 Å². The Morgan fingerprint density at radius 3 is 2.55 bits per heavy atom. The molecule has 0 saturated carbocycles. The molecule has 0 N–H and O–H groups in total. The fourth-order valence-corrected chi connectivity index (χ4v) is 2.05. The van der Waals surface area contributed by atoms with Crippen molar-refractivity contribution in [3.05, 3.63) is 51.6 Å². The standard InChI is InChI=1S/C14H12N2O4/c1-15(2)14(18)12-7-11(16(19)20)6-9-4-3-5-10(8-17)13(9)12/h3-8H,1-2H3. The Bertz CT molecular complexity index is 722. The first-order chi connectivity index (χ1) is 9.45. The number of non-ortho nitro benzene ring substituents is 1. The summed E-state index contributed by atoms with van der Waals surface area (Å²) in [6, 6.07) is 7.40. The van der Waals surface area contributed by atoms with Gasteiger partial charge in [0.1, 0.15) is 0 Å². The molecular formula is C14H12N2O4. The molecule has 6 nitrogen and oxygen atoms in total. The average molecular weight is 272 g/mol. The Morgan fingerprint density at radius 2 is 2.00 bits per heavy atom. The van der Waals surface area contributed by atoms with Crippen molar-refractivity contribution in [2.75, 3.05) is 14.1 Å². The Kier molecular flexibility index (Phi) is 3.47. The topological polar surface area (TPSA) is 80.5 Å². The molecule has 0 fully saturated rings. The van der Waals surface area contributed by atoms with Crippen molar-refractivity contribution in [2.24, 2.45) is 0 Å². The molecule has 102 valence electrons. The molecule has 6 heteroatoms. The smallest absolute Gasteiger partial charge is 0.270 e. The van der Waals surface area contributed by atoms with Crippen LogP contribution in [0.1, 0.15) is 20.7 Å². The lowest BCUT2D eigenvalue weighted by Gasteiger charge is -2.13. The number of carbonyl (C=O) groups excluding carboxylic acids is 2. The highest BCUT2D eigenvalue weighted by Crippen LogP contribution is 2.28. The number of hydrogen-bond donors (Lipinski definition) is 0. The molecule has 0 heterocycles. The van der Waals surface area contributed by atoms with Gasteiger partial charge in [0.15, 0.2) is 6.29 Å². The van der Waals surface area contributed by atoms with Gasteiger partial charge < -0.3 is 4.90 Å². The van der Waals surface area contributed by atoms with E-state index in [1.807, 2.05) is 0 Å². The van der Waals surface area contributed by atoms with E-state index in [1.54, 1.807) is 32.3 Å². The van der Waals surface area contributed by atoms with Crippen molar-refractivity contribution >= 4 is 28.7 Å². The van der Waals surface area contributed by atoms with Gasteiger partial charge in [0.25, 0.3) is 11.6 Å². The number of rotatable bonds is 3. The van der Waals surface area contributed by atoms with E-state index in [2.05, 4.69) is 0 Å². The number of hydrogen-bond acceptors (Lipinski definition) is 4. The van der Waals surface area contributed by atoms with Crippen LogP contribution >= 0.6 is 0 Å². The van der Waals surface area contributed by atoms with Crippen molar-refractivity contribution in [1.29, 1.82) is 0 Å². The van der Waals surface area contributed by atoms with Gasteiger partial charge in [-0.25, -0.2) is 0 Å². The van der Waals surface area contributed by atoms with Crippen LogP contribution in [0, 0.1) is 10.1 Å². The summed E-state index contributed by atoms with van der Waals surface area (Å²) in [6.45, 7) is 0. The van der Waals surface area contributed by atoms with Crippen molar-refractivity contribution < 1.29 is 14.5 Å². The number of amides is 1. The monoisotopic (exact) mass is 272 g/mol. The van der Waals surface area contributed by atoms with E-state index in [1.165, 1.54) is 17.0 Å². The first-order valence-corrected chi connectivity index (χ1v) is 5.83. The van der Waals surface area contributed by atoms with Gasteiger partial charge in [0.2, 0.25) is 0 Å². The summed E-state index contributed by atoms with van der Waals surface area (Å²) in [4.78, 5) is 35.0. The van der Waals surface area contributed by atoms with Crippen LogP contribution in [0.5, 0.6) is 0 Å². The highest BCUT2D eigenvalue weighted by molar-refractivity contribution is 6.12. The van der Waals surface area contributed by atoms with Crippen LogP contribution < -0.4 is 0 Å². The lowest BCUT2D eigenvalue weighted by atomic mass is 9.98. The first kappa shape index (κ1) is 13.7. The maximum absolute atomic E-state index is 12.2. The number of nitro groups is 1. The normalized spacial score (nSPS) is 10.3. The maximum Gasteiger partial charge on any atom is 0.270 e. The van der Waals surface area contributed by atoms with Crippen molar-refractivity contribution in [1.82, 2.24) is 4.90 Å². The van der Waals surface area contributed by atoms with Gasteiger partial charge in [-0.05, 0) is 5.39 Å². The zero-order valence-corrected chi connectivity index (χ0v) is 11.0. The Hall–Kier alpha value is -2.76. The zero-order valence-electron chi connectivity index (χ0n) is 11.0. The second-order valence-corrected chi connectivity index (χ2v) is 4.51. The molecule has 0 aliphatic heterocycles. The van der Waals surface area contributed by atoms with Gasteiger partial charge in [-0.3, -0.25) is 19.7 Å². The van der Waals surface area contributed by atoms with Gasteiger partial charge in [-0.1, -0.05) is 18.2 Å².